The molecule has 0 aromatic heterocycles. The summed E-state index contributed by atoms with van der Waals surface area (Å²) in [5.74, 6) is 1.19. The number of hydrogen-bond acceptors (Lipinski definition) is 4. The Morgan fingerprint density at radius 1 is 1.12 bits per heavy atom. The van der Waals surface area contributed by atoms with Crippen LogP contribution in [0.3, 0.4) is 0 Å². The third-order valence-corrected chi connectivity index (χ3v) is 4.04. The van der Waals surface area contributed by atoms with Crippen LogP contribution in [0.1, 0.15) is 18.1 Å². The van der Waals surface area contributed by atoms with Gasteiger partial charge in [-0.25, -0.2) is 0 Å². The van der Waals surface area contributed by atoms with E-state index in [0.29, 0.717) is 31.2 Å². The summed E-state index contributed by atoms with van der Waals surface area (Å²) in [6.07, 6.45) is 0. The number of amides is 1. The van der Waals surface area contributed by atoms with Crippen LogP contribution in [-0.4, -0.2) is 31.5 Å². The predicted molar refractivity (Wildman–Crippen MR) is 106 cm³/mol. The number of halogens is 1. The fourth-order valence-electron chi connectivity index (χ4n) is 2.49. The summed E-state index contributed by atoms with van der Waals surface area (Å²) < 4.78 is 11.3. The Labute approximate surface area is 161 Å². The predicted octanol–water partition coefficient (Wildman–Crippen LogP) is 3.25. The standard InChI is InChI=1S/C20H26N2O3.ClH/c1-15(12-21)20(23)22(2)13-17-9-10-18(19(11-17)24-3)25-14-16-7-5-4-6-8-16;/h4-11,15H,12-14,21H2,1-3H3;1H. The van der Waals surface area contributed by atoms with Crippen LogP contribution in [-0.2, 0) is 17.9 Å². The highest BCUT2D eigenvalue weighted by Gasteiger charge is 2.16. The van der Waals surface area contributed by atoms with Gasteiger partial charge < -0.3 is 20.1 Å². The smallest absolute Gasteiger partial charge is 0.226 e. The van der Waals surface area contributed by atoms with E-state index in [-0.39, 0.29) is 24.2 Å². The molecular formula is C20H27ClN2O3. The van der Waals surface area contributed by atoms with E-state index in [1.165, 1.54) is 0 Å². The van der Waals surface area contributed by atoms with Crippen molar-refractivity contribution in [3.05, 3.63) is 59.7 Å². The maximum absolute atomic E-state index is 12.1. The van der Waals surface area contributed by atoms with Crippen molar-refractivity contribution in [2.75, 3.05) is 20.7 Å². The minimum absolute atomic E-state index is 0. The van der Waals surface area contributed by atoms with Crippen LogP contribution in [0.15, 0.2) is 48.5 Å². The zero-order chi connectivity index (χ0) is 18.2. The SMILES string of the molecule is COc1cc(CN(C)C(=O)C(C)CN)ccc1OCc1ccccc1.Cl. The number of methoxy groups -OCH3 is 1. The third-order valence-electron chi connectivity index (χ3n) is 4.04. The molecule has 0 radical (unpaired) electrons. The van der Waals surface area contributed by atoms with Gasteiger partial charge in [0, 0.05) is 26.1 Å². The molecule has 142 valence electrons. The van der Waals surface area contributed by atoms with Crippen molar-refractivity contribution in [2.45, 2.75) is 20.1 Å². The molecule has 5 nitrogen and oxygen atoms in total. The lowest BCUT2D eigenvalue weighted by molar-refractivity contribution is -0.133. The molecule has 26 heavy (non-hydrogen) atoms. The van der Waals surface area contributed by atoms with Crippen molar-refractivity contribution in [2.24, 2.45) is 11.7 Å². The largest absolute Gasteiger partial charge is 0.493 e. The lowest BCUT2D eigenvalue weighted by Gasteiger charge is -2.21. The molecule has 0 saturated carbocycles. The Morgan fingerprint density at radius 3 is 2.42 bits per heavy atom. The molecular weight excluding hydrogens is 352 g/mol. The Bertz CT molecular complexity index is 695. The summed E-state index contributed by atoms with van der Waals surface area (Å²) >= 11 is 0. The average Bonchev–Trinajstić information content (AvgIpc) is 2.66. The van der Waals surface area contributed by atoms with Gasteiger partial charge in [0.25, 0.3) is 0 Å². The van der Waals surface area contributed by atoms with Gasteiger partial charge in [-0.05, 0) is 23.3 Å². The van der Waals surface area contributed by atoms with Crippen LogP contribution >= 0.6 is 12.4 Å². The van der Waals surface area contributed by atoms with Crippen LogP contribution in [0.4, 0.5) is 0 Å². The number of carbonyl (C=O) groups excluding carboxylic acids is 1. The van der Waals surface area contributed by atoms with Gasteiger partial charge in [-0.3, -0.25) is 4.79 Å². The van der Waals surface area contributed by atoms with Crippen molar-refractivity contribution in [3.8, 4) is 11.5 Å². The number of nitrogens with two attached hydrogens (primary N) is 1. The summed E-state index contributed by atoms with van der Waals surface area (Å²) in [5.41, 5.74) is 7.64. The number of carbonyl (C=O) groups is 1. The van der Waals surface area contributed by atoms with Crippen LogP contribution < -0.4 is 15.2 Å². The molecule has 0 aliphatic rings. The molecule has 2 aromatic carbocycles. The summed E-state index contributed by atoms with van der Waals surface area (Å²) in [7, 11) is 3.39. The molecule has 0 heterocycles. The van der Waals surface area contributed by atoms with Gasteiger partial charge in [-0.2, -0.15) is 0 Å². The molecule has 2 aromatic rings. The minimum Gasteiger partial charge on any atom is -0.493 e. The van der Waals surface area contributed by atoms with Gasteiger partial charge in [-0.1, -0.05) is 43.3 Å². The summed E-state index contributed by atoms with van der Waals surface area (Å²) in [6.45, 7) is 3.15. The van der Waals surface area contributed by atoms with E-state index in [0.717, 1.165) is 11.1 Å². The number of hydrogen-bond donors (Lipinski definition) is 1. The summed E-state index contributed by atoms with van der Waals surface area (Å²) in [6, 6.07) is 15.7. The summed E-state index contributed by atoms with van der Waals surface area (Å²) in [4.78, 5) is 13.8. The Kier molecular flexibility index (Phi) is 8.96. The van der Waals surface area contributed by atoms with Crippen LogP contribution in [0.5, 0.6) is 11.5 Å². The molecule has 0 aliphatic heterocycles. The van der Waals surface area contributed by atoms with Gasteiger partial charge in [0.1, 0.15) is 6.61 Å². The van der Waals surface area contributed by atoms with E-state index in [4.69, 9.17) is 15.2 Å². The lowest BCUT2D eigenvalue weighted by atomic mass is 10.1. The molecule has 0 aliphatic carbocycles. The van der Waals surface area contributed by atoms with E-state index in [9.17, 15) is 4.79 Å². The zero-order valence-corrected chi connectivity index (χ0v) is 16.3. The first-order valence-corrected chi connectivity index (χ1v) is 8.33. The average molecular weight is 379 g/mol. The molecule has 2 N–H and O–H groups in total. The topological polar surface area (TPSA) is 64.8 Å². The second kappa shape index (κ2) is 10.7. The van der Waals surface area contributed by atoms with Gasteiger partial charge in [-0.15, -0.1) is 12.4 Å². The van der Waals surface area contributed by atoms with Crippen LogP contribution in [0, 0.1) is 5.92 Å². The van der Waals surface area contributed by atoms with E-state index >= 15 is 0 Å². The van der Waals surface area contributed by atoms with Crippen molar-refractivity contribution >= 4 is 18.3 Å². The molecule has 1 unspecified atom stereocenters. The highest BCUT2D eigenvalue weighted by atomic mass is 35.5. The fourth-order valence-corrected chi connectivity index (χ4v) is 2.49. The molecule has 0 bridgehead atoms. The van der Waals surface area contributed by atoms with E-state index in [1.54, 1.807) is 19.1 Å². The maximum Gasteiger partial charge on any atom is 0.226 e. The first kappa shape index (κ1) is 21.8. The van der Waals surface area contributed by atoms with Gasteiger partial charge in [0.2, 0.25) is 5.91 Å². The van der Waals surface area contributed by atoms with E-state index < -0.39 is 0 Å². The quantitative estimate of drug-likeness (QED) is 0.765. The van der Waals surface area contributed by atoms with Crippen LogP contribution in [0.2, 0.25) is 0 Å². The lowest BCUT2D eigenvalue weighted by Crippen LogP contribution is -2.34. The van der Waals surface area contributed by atoms with E-state index in [1.807, 2.05) is 55.5 Å². The van der Waals surface area contributed by atoms with Crippen molar-refractivity contribution in [3.63, 3.8) is 0 Å². The van der Waals surface area contributed by atoms with Gasteiger partial charge in [0.15, 0.2) is 11.5 Å². The molecule has 0 spiro atoms. The maximum atomic E-state index is 12.1. The summed E-state index contributed by atoms with van der Waals surface area (Å²) in [5, 5.41) is 0. The molecule has 2 rings (SSSR count). The van der Waals surface area contributed by atoms with Gasteiger partial charge >= 0.3 is 0 Å². The van der Waals surface area contributed by atoms with Crippen molar-refractivity contribution in [1.82, 2.24) is 4.90 Å². The molecule has 6 heteroatoms. The minimum atomic E-state index is -0.180. The highest BCUT2D eigenvalue weighted by molar-refractivity contribution is 5.85. The molecule has 0 fully saturated rings. The normalized spacial score (nSPS) is 11.2. The number of ether oxygens (including phenoxy) is 2. The molecule has 1 atom stereocenters. The first-order chi connectivity index (χ1) is 12.0. The van der Waals surface area contributed by atoms with Crippen LogP contribution in [0.25, 0.3) is 0 Å². The Balaban J connectivity index is 0.00000338. The Hall–Kier alpha value is -2.24. The monoisotopic (exact) mass is 378 g/mol. The number of rotatable bonds is 8. The van der Waals surface area contributed by atoms with Crippen molar-refractivity contribution < 1.29 is 14.3 Å². The first-order valence-electron chi connectivity index (χ1n) is 8.33. The second-order valence-corrected chi connectivity index (χ2v) is 6.09. The van der Waals surface area contributed by atoms with Gasteiger partial charge in [0.05, 0.1) is 7.11 Å². The molecule has 1 amide bonds. The fraction of sp³-hybridized carbons (Fsp3) is 0.350. The van der Waals surface area contributed by atoms with E-state index in [2.05, 4.69) is 0 Å². The Morgan fingerprint density at radius 2 is 1.81 bits per heavy atom. The highest BCUT2D eigenvalue weighted by Crippen LogP contribution is 2.29. The second-order valence-electron chi connectivity index (χ2n) is 6.09. The molecule has 0 saturated heterocycles. The third kappa shape index (κ3) is 5.93. The van der Waals surface area contributed by atoms with Crippen molar-refractivity contribution in [1.29, 1.82) is 0 Å². The number of benzene rings is 2. The zero-order valence-electron chi connectivity index (χ0n) is 15.5. The number of nitrogens with zero attached hydrogens (tertiary/aromatic N) is 1.